The normalized spacial score (nSPS) is 34.8. The molecule has 1 aliphatic carbocycles. The summed E-state index contributed by atoms with van der Waals surface area (Å²) in [5, 5.41) is 3.70. The molecule has 2 aliphatic rings. The van der Waals surface area contributed by atoms with Crippen LogP contribution in [-0.4, -0.2) is 30.1 Å². The Hall–Kier alpha value is 0.270. The van der Waals surface area contributed by atoms with Crippen molar-refractivity contribution in [2.75, 3.05) is 24.6 Å². The van der Waals surface area contributed by atoms with E-state index in [0.29, 0.717) is 0 Å². The molecule has 1 aliphatic heterocycles. The van der Waals surface area contributed by atoms with Crippen LogP contribution in [-0.2, 0) is 0 Å². The van der Waals surface area contributed by atoms with Crippen LogP contribution in [0.5, 0.6) is 0 Å². The van der Waals surface area contributed by atoms with Gasteiger partial charge >= 0.3 is 0 Å². The van der Waals surface area contributed by atoms with Crippen LogP contribution in [0.15, 0.2) is 0 Å². The van der Waals surface area contributed by atoms with E-state index in [1.807, 2.05) is 0 Å². The fourth-order valence-corrected chi connectivity index (χ4v) is 3.16. The van der Waals surface area contributed by atoms with E-state index in [1.165, 1.54) is 43.7 Å². The summed E-state index contributed by atoms with van der Waals surface area (Å²) in [6.07, 6.45) is 5.48. The molecule has 0 aromatic heterocycles. The lowest BCUT2D eigenvalue weighted by atomic mass is 9.95. The van der Waals surface area contributed by atoms with Crippen LogP contribution in [0.2, 0.25) is 0 Å². The standard InChI is InChI=1S/C10H20N2S/c11-7-10(4-1-5-13-8-10)12-6-9-2-3-9/h9,12H,1-8,11H2. The minimum Gasteiger partial charge on any atom is -0.329 e. The van der Waals surface area contributed by atoms with Gasteiger partial charge in [0.1, 0.15) is 0 Å². The van der Waals surface area contributed by atoms with Crippen LogP contribution in [0.25, 0.3) is 0 Å². The fraction of sp³-hybridized carbons (Fsp3) is 1.00. The summed E-state index contributed by atoms with van der Waals surface area (Å²) in [5.74, 6) is 3.51. The third kappa shape index (κ3) is 2.61. The summed E-state index contributed by atoms with van der Waals surface area (Å²) in [6, 6.07) is 0. The number of rotatable bonds is 4. The molecule has 0 amide bonds. The molecule has 3 heteroatoms. The van der Waals surface area contributed by atoms with Gasteiger partial charge in [-0.2, -0.15) is 11.8 Å². The SMILES string of the molecule is NCC1(NCC2CC2)CCCSC1. The predicted octanol–water partition coefficient (Wildman–Crippen LogP) is 1.21. The maximum absolute atomic E-state index is 5.87. The van der Waals surface area contributed by atoms with Crippen LogP contribution < -0.4 is 11.1 Å². The third-order valence-electron chi connectivity index (χ3n) is 3.18. The maximum Gasteiger partial charge on any atom is 0.0395 e. The van der Waals surface area contributed by atoms with E-state index in [4.69, 9.17) is 5.73 Å². The molecule has 3 N–H and O–H groups in total. The highest BCUT2D eigenvalue weighted by atomic mass is 32.2. The van der Waals surface area contributed by atoms with Crippen molar-refractivity contribution < 1.29 is 0 Å². The second kappa shape index (κ2) is 4.20. The number of nitrogens with two attached hydrogens (primary N) is 1. The van der Waals surface area contributed by atoms with Crippen LogP contribution in [0.4, 0.5) is 0 Å². The van der Waals surface area contributed by atoms with Gasteiger partial charge in [0.15, 0.2) is 0 Å². The molecule has 0 aromatic rings. The fourth-order valence-electron chi connectivity index (χ4n) is 1.91. The lowest BCUT2D eigenvalue weighted by molar-refractivity contribution is 0.332. The average Bonchev–Trinajstić information content (AvgIpc) is 3.00. The van der Waals surface area contributed by atoms with Gasteiger partial charge in [-0.3, -0.25) is 0 Å². The highest BCUT2D eigenvalue weighted by molar-refractivity contribution is 7.99. The van der Waals surface area contributed by atoms with Crippen molar-refractivity contribution in [1.82, 2.24) is 5.32 Å². The van der Waals surface area contributed by atoms with Crippen molar-refractivity contribution in [1.29, 1.82) is 0 Å². The molecule has 2 nitrogen and oxygen atoms in total. The van der Waals surface area contributed by atoms with Gasteiger partial charge in [0.05, 0.1) is 0 Å². The Labute approximate surface area is 85.0 Å². The van der Waals surface area contributed by atoms with E-state index in [9.17, 15) is 0 Å². The van der Waals surface area contributed by atoms with Gasteiger partial charge in [0.2, 0.25) is 0 Å². The summed E-state index contributed by atoms with van der Waals surface area (Å²) in [5.41, 5.74) is 6.15. The smallest absolute Gasteiger partial charge is 0.0395 e. The zero-order valence-corrected chi connectivity index (χ0v) is 9.04. The second-order valence-corrected chi connectivity index (χ2v) is 5.57. The first-order valence-electron chi connectivity index (χ1n) is 5.37. The average molecular weight is 200 g/mol. The monoisotopic (exact) mass is 200 g/mol. The lowest BCUT2D eigenvalue weighted by Gasteiger charge is -2.37. The molecule has 2 rings (SSSR count). The third-order valence-corrected chi connectivity index (χ3v) is 4.51. The van der Waals surface area contributed by atoms with Gasteiger partial charge in [0, 0.05) is 17.8 Å². The van der Waals surface area contributed by atoms with Crippen molar-refractivity contribution in [3.8, 4) is 0 Å². The predicted molar refractivity (Wildman–Crippen MR) is 59.1 cm³/mol. The van der Waals surface area contributed by atoms with Crippen LogP contribution in [0, 0.1) is 5.92 Å². The van der Waals surface area contributed by atoms with E-state index < -0.39 is 0 Å². The van der Waals surface area contributed by atoms with Crippen LogP contribution >= 0.6 is 11.8 Å². The van der Waals surface area contributed by atoms with Gasteiger partial charge in [-0.15, -0.1) is 0 Å². The largest absolute Gasteiger partial charge is 0.329 e. The Morgan fingerprint density at radius 3 is 2.85 bits per heavy atom. The van der Waals surface area contributed by atoms with Crippen molar-refractivity contribution in [3.63, 3.8) is 0 Å². The number of thioether (sulfide) groups is 1. The lowest BCUT2D eigenvalue weighted by Crippen LogP contribution is -2.55. The molecule has 0 aromatic carbocycles. The highest BCUT2D eigenvalue weighted by Crippen LogP contribution is 2.31. The Kier molecular flexibility index (Phi) is 3.17. The first-order chi connectivity index (χ1) is 6.35. The maximum atomic E-state index is 5.87. The van der Waals surface area contributed by atoms with Crippen molar-refractivity contribution in [2.24, 2.45) is 11.7 Å². The van der Waals surface area contributed by atoms with Gasteiger partial charge in [-0.25, -0.2) is 0 Å². The van der Waals surface area contributed by atoms with Gasteiger partial charge < -0.3 is 11.1 Å². The van der Waals surface area contributed by atoms with E-state index in [-0.39, 0.29) is 5.54 Å². The zero-order valence-electron chi connectivity index (χ0n) is 8.22. The van der Waals surface area contributed by atoms with Gasteiger partial charge in [-0.05, 0) is 43.9 Å². The molecule has 1 heterocycles. The van der Waals surface area contributed by atoms with E-state index in [0.717, 1.165) is 12.5 Å². The molecular formula is C10H20N2S. The molecule has 1 atom stereocenters. The minimum atomic E-state index is 0.283. The Bertz CT molecular complexity index is 162. The molecule has 13 heavy (non-hydrogen) atoms. The molecule has 1 unspecified atom stereocenters. The summed E-state index contributed by atoms with van der Waals surface area (Å²) in [6.45, 7) is 2.02. The van der Waals surface area contributed by atoms with Crippen LogP contribution in [0.1, 0.15) is 25.7 Å². The Balaban J connectivity index is 1.80. The number of nitrogens with one attached hydrogen (secondary N) is 1. The highest BCUT2D eigenvalue weighted by Gasteiger charge is 2.32. The summed E-state index contributed by atoms with van der Waals surface area (Å²) in [7, 11) is 0. The molecule has 2 fully saturated rings. The zero-order chi connectivity index (χ0) is 9.15. The molecular weight excluding hydrogens is 180 g/mol. The molecule has 1 saturated carbocycles. The molecule has 0 spiro atoms. The summed E-state index contributed by atoms with van der Waals surface area (Å²) in [4.78, 5) is 0. The number of hydrogen-bond donors (Lipinski definition) is 2. The number of hydrogen-bond acceptors (Lipinski definition) is 3. The summed E-state index contributed by atoms with van der Waals surface area (Å²) < 4.78 is 0. The van der Waals surface area contributed by atoms with Crippen molar-refractivity contribution >= 4 is 11.8 Å². The topological polar surface area (TPSA) is 38.0 Å². The van der Waals surface area contributed by atoms with E-state index in [2.05, 4.69) is 17.1 Å². The van der Waals surface area contributed by atoms with Crippen molar-refractivity contribution in [3.05, 3.63) is 0 Å². The molecule has 0 bridgehead atoms. The van der Waals surface area contributed by atoms with Gasteiger partial charge in [-0.1, -0.05) is 0 Å². The minimum absolute atomic E-state index is 0.283. The summed E-state index contributed by atoms with van der Waals surface area (Å²) >= 11 is 2.06. The van der Waals surface area contributed by atoms with E-state index >= 15 is 0 Å². The molecule has 76 valence electrons. The Morgan fingerprint density at radius 2 is 2.31 bits per heavy atom. The van der Waals surface area contributed by atoms with Gasteiger partial charge in [0.25, 0.3) is 0 Å². The first-order valence-corrected chi connectivity index (χ1v) is 6.53. The van der Waals surface area contributed by atoms with Crippen molar-refractivity contribution in [2.45, 2.75) is 31.2 Å². The van der Waals surface area contributed by atoms with Crippen LogP contribution in [0.3, 0.4) is 0 Å². The van der Waals surface area contributed by atoms with E-state index in [1.54, 1.807) is 0 Å². The first kappa shape index (κ1) is 9.81. The second-order valence-electron chi connectivity index (χ2n) is 4.46. The Morgan fingerprint density at radius 1 is 1.46 bits per heavy atom. The molecule has 0 radical (unpaired) electrons. The molecule has 1 saturated heterocycles. The quantitative estimate of drug-likeness (QED) is 0.716.